The number of hydrogen-bond donors (Lipinski definition) is 10. The Morgan fingerprint density at radius 1 is 0.987 bits per heavy atom. The van der Waals surface area contributed by atoms with Crippen LogP contribution in [0.1, 0.15) is 111 Å². The third-order valence-electron chi connectivity index (χ3n) is 16.9. The Labute approximate surface area is 438 Å². The molecule has 16 unspecified atom stereocenters. The number of phosphoric ester groups is 3. The van der Waals surface area contributed by atoms with Crippen LogP contribution in [0.15, 0.2) is 12.7 Å². The van der Waals surface area contributed by atoms with Crippen molar-refractivity contribution in [2.75, 3.05) is 37.8 Å². The van der Waals surface area contributed by atoms with Crippen molar-refractivity contribution in [1.29, 1.82) is 0 Å². The molecule has 2 amide bonds. The Balaban J connectivity index is 0.780. The predicted octanol–water partition coefficient (Wildman–Crippen LogP) is 3.28. The highest BCUT2D eigenvalue weighted by atomic mass is 32.2. The maximum Gasteiger partial charge on any atom is 0.481 e. The van der Waals surface area contributed by atoms with Crippen molar-refractivity contribution in [2.45, 2.75) is 142 Å². The Morgan fingerprint density at radius 2 is 1.71 bits per heavy atom. The highest BCUT2D eigenvalue weighted by molar-refractivity contribution is 8.13. The number of thioether (sulfide) groups is 1. The molecule has 422 valence electrons. The standard InChI is InChI=1S/C45H72N7O19P3S/c1-24(28-9-10-29-27-8-7-25-18-26(53)12-14-44(25,4)30(27)19-32(54)45(28,29)5)6-11-34(56)75-17-16-47-33(55)13-15-48-41(59)38(58)43(2,3)21-68-74(65,66)71-73(63,64)67-20-31-37(70-72(60,61)62)36(57)42(69-31)52-23-51-35-39(46)49-22-50-40(35)52/h22-25,27-32,36-38,42,54,57-58H,6-21H2,1-5H3,(H,47,55)(H,48,59)(H,63,64)(H,65,66)(H2,46,49,50)(H2,60,61,62). The zero-order valence-corrected chi connectivity index (χ0v) is 46.0. The number of ether oxygens (including phenoxy) is 1. The van der Waals surface area contributed by atoms with E-state index in [0.717, 1.165) is 67.5 Å². The number of aromatic nitrogens is 4. The average Bonchev–Trinajstić information content (AvgIpc) is 4.01. The van der Waals surface area contributed by atoms with E-state index in [1.165, 1.54) is 13.8 Å². The molecule has 30 heteroatoms. The van der Waals surface area contributed by atoms with Gasteiger partial charge in [0.05, 0.1) is 25.6 Å². The van der Waals surface area contributed by atoms with Crippen molar-refractivity contribution in [3.8, 4) is 0 Å². The summed E-state index contributed by atoms with van der Waals surface area (Å²) in [5.41, 5.74) is 4.16. The second-order valence-corrected chi connectivity index (χ2v) is 27.4. The number of nitrogens with zero attached hydrogens (tertiary/aromatic N) is 4. The van der Waals surface area contributed by atoms with Crippen LogP contribution in [0, 0.1) is 51.8 Å². The van der Waals surface area contributed by atoms with E-state index in [1.807, 2.05) is 0 Å². The number of nitrogens with one attached hydrogen (secondary N) is 2. The third kappa shape index (κ3) is 13.6. The molecule has 0 spiro atoms. The number of anilines is 1. The number of nitrogens with two attached hydrogens (primary N) is 1. The average molecular weight is 1140 g/mol. The van der Waals surface area contributed by atoms with Gasteiger partial charge in [0.25, 0.3) is 0 Å². The van der Waals surface area contributed by atoms with Crippen LogP contribution in [0.4, 0.5) is 5.82 Å². The summed E-state index contributed by atoms with van der Waals surface area (Å²) in [6.07, 6.45) is 1.00. The normalized spacial score (nSPS) is 33.4. The summed E-state index contributed by atoms with van der Waals surface area (Å²) < 4.78 is 62.7. The molecule has 4 saturated carbocycles. The van der Waals surface area contributed by atoms with Gasteiger partial charge in [-0.15, -0.1) is 0 Å². The van der Waals surface area contributed by atoms with Crippen LogP contribution < -0.4 is 16.4 Å². The highest BCUT2D eigenvalue weighted by Crippen LogP contribution is 2.68. The van der Waals surface area contributed by atoms with Crippen molar-refractivity contribution in [3.63, 3.8) is 0 Å². The number of rotatable bonds is 23. The molecule has 16 atom stereocenters. The topological polar surface area (TPSA) is 401 Å². The molecule has 2 aromatic rings. The molecular formula is C45H72N7O19P3S. The van der Waals surface area contributed by atoms with Gasteiger partial charge in [-0.3, -0.25) is 37.3 Å². The Hall–Kier alpha value is -2.81. The number of imidazole rings is 1. The molecule has 0 bridgehead atoms. The van der Waals surface area contributed by atoms with E-state index in [2.05, 4.69) is 55.2 Å². The molecule has 1 saturated heterocycles. The second kappa shape index (κ2) is 23.5. The first-order valence-corrected chi connectivity index (χ1v) is 30.7. The summed E-state index contributed by atoms with van der Waals surface area (Å²) in [5.74, 6) is 1.62. The van der Waals surface area contributed by atoms with Gasteiger partial charge in [-0.1, -0.05) is 46.4 Å². The van der Waals surface area contributed by atoms with E-state index < -0.39 is 90.7 Å². The van der Waals surface area contributed by atoms with E-state index in [4.69, 9.17) is 19.5 Å². The van der Waals surface area contributed by atoms with Crippen molar-refractivity contribution in [2.24, 2.45) is 51.8 Å². The van der Waals surface area contributed by atoms with Crippen LogP contribution >= 0.6 is 35.2 Å². The number of ketones is 1. The fraction of sp³-hybridized carbons (Fsp3) is 0.800. The molecule has 5 aliphatic rings. The Morgan fingerprint density at radius 3 is 2.43 bits per heavy atom. The van der Waals surface area contributed by atoms with E-state index in [-0.39, 0.29) is 58.4 Å². The number of carbonyl (C=O) groups excluding carboxylic acids is 4. The Bertz CT molecular complexity index is 2580. The van der Waals surface area contributed by atoms with Gasteiger partial charge in [0.15, 0.2) is 22.8 Å². The van der Waals surface area contributed by atoms with Gasteiger partial charge in [0, 0.05) is 49.9 Å². The van der Waals surface area contributed by atoms with Crippen LogP contribution in [-0.2, 0) is 55.5 Å². The molecule has 11 N–H and O–H groups in total. The molecule has 75 heavy (non-hydrogen) atoms. The molecule has 1 aliphatic heterocycles. The summed E-state index contributed by atoms with van der Waals surface area (Å²) >= 11 is 1.13. The van der Waals surface area contributed by atoms with E-state index in [9.17, 15) is 67.8 Å². The molecule has 26 nitrogen and oxygen atoms in total. The van der Waals surface area contributed by atoms with Gasteiger partial charge in [-0.25, -0.2) is 28.6 Å². The molecule has 2 aromatic heterocycles. The highest BCUT2D eigenvalue weighted by Gasteiger charge is 2.64. The van der Waals surface area contributed by atoms with Gasteiger partial charge in [0.2, 0.25) is 11.8 Å². The zero-order chi connectivity index (χ0) is 55.1. The molecule has 7 rings (SSSR count). The molecule has 3 heterocycles. The minimum Gasteiger partial charge on any atom is -0.393 e. The number of fused-ring (bicyclic) bond motifs is 6. The number of phosphoric acid groups is 3. The van der Waals surface area contributed by atoms with Crippen molar-refractivity contribution in [3.05, 3.63) is 12.7 Å². The van der Waals surface area contributed by atoms with Crippen molar-refractivity contribution >= 4 is 74.9 Å². The largest absolute Gasteiger partial charge is 0.481 e. The molecule has 0 radical (unpaired) electrons. The quantitative estimate of drug-likeness (QED) is 0.0564. The van der Waals surface area contributed by atoms with Crippen molar-refractivity contribution in [1.82, 2.24) is 30.2 Å². The van der Waals surface area contributed by atoms with Crippen molar-refractivity contribution < 1.29 is 90.4 Å². The second-order valence-electron chi connectivity index (χ2n) is 22.0. The van der Waals surface area contributed by atoms with E-state index in [1.54, 1.807) is 0 Å². The lowest BCUT2D eigenvalue weighted by atomic mass is 9.44. The number of aliphatic hydroxyl groups excluding tert-OH is 3. The fourth-order valence-electron chi connectivity index (χ4n) is 12.9. The lowest BCUT2D eigenvalue weighted by Crippen LogP contribution is -2.58. The number of amides is 2. The van der Waals surface area contributed by atoms with Crippen LogP contribution in [-0.4, -0.2) is 140 Å². The fourth-order valence-corrected chi connectivity index (χ4v) is 16.4. The zero-order valence-electron chi connectivity index (χ0n) is 42.5. The molecule has 0 aromatic carbocycles. The predicted molar refractivity (Wildman–Crippen MR) is 267 cm³/mol. The monoisotopic (exact) mass is 1140 g/mol. The lowest BCUT2D eigenvalue weighted by Gasteiger charge is -2.62. The summed E-state index contributed by atoms with van der Waals surface area (Å²) in [5, 5.41) is 38.7. The van der Waals surface area contributed by atoms with E-state index >= 15 is 0 Å². The van der Waals surface area contributed by atoms with Gasteiger partial charge in [-0.2, -0.15) is 4.31 Å². The molecule has 5 fully saturated rings. The first-order chi connectivity index (χ1) is 35.0. The number of nitrogen functional groups attached to an aromatic ring is 1. The summed E-state index contributed by atoms with van der Waals surface area (Å²) in [6.45, 7) is 7.30. The maximum atomic E-state index is 13.0. The number of carbonyl (C=O) groups is 4. The lowest BCUT2D eigenvalue weighted by molar-refractivity contribution is -0.170. The van der Waals surface area contributed by atoms with Crippen LogP contribution in [0.3, 0.4) is 0 Å². The van der Waals surface area contributed by atoms with Crippen LogP contribution in [0.2, 0.25) is 0 Å². The Kier molecular flexibility index (Phi) is 18.7. The number of Topliss-reactive ketones (excluding diaryl/α,β-unsaturated/α-hetero) is 1. The summed E-state index contributed by atoms with van der Waals surface area (Å²) in [6, 6.07) is 0. The number of aliphatic hydroxyl groups is 3. The summed E-state index contributed by atoms with van der Waals surface area (Å²) in [7, 11) is -16.5. The SMILES string of the molecule is CC(CCC(=O)SCCNC(=O)CCNC(=O)C(O)C(C)(C)COP(=O)(O)OP(=O)(O)OCC1OC(n2cnc3c(N)ncnc32)C(O)C1OP(=O)(O)O)C1CCC2C3CCC4CC(=O)CCC4(C)C3CC(O)C12C. The minimum absolute atomic E-state index is 0.00933. The van der Waals surface area contributed by atoms with E-state index in [0.29, 0.717) is 66.8 Å². The van der Waals surface area contributed by atoms with Crippen LogP contribution in [0.5, 0.6) is 0 Å². The van der Waals surface area contributed by atoms with Gasteiger partial charge < -0.3 is 56.0 Å². The summed E-state index contributed by atoms with van der Waals surface area (Å²) in [4.78, 5) is 102. The minimum atomic E-state index is -5.60. The molecule has 4 aliphatic carbocycles. The van der Waals surface area contributed by atoms with Gasteiger partial charge in [-0.05, 0) is 91.3 Å². The van der Waals surface area contributed by atoms with Gasteiger partial charge >= 0.3 is 23.5 Å². The molecular weight excluding hydrogens is 1070 g/mol. The van der Waals surface area contributed by atoms with Gasteiger partial charge in [0.1, 0.15) is 42.0 Å². The third-order valence-corrected chi connectivity index (χ3v) is 20.9. The number of hydrogen-bond acceptors (Lipinski definition) is 20. The first kappa shape index (κ1) is 59.8. The smallest absolute Gasteiger partial charge is 0.393 e. The first-order valence-electron chi connectivity index (χ1n) is 25.2. The van der Waals surface area contributed by atoms with Crippen LogP contribution in [0.25, 0.3) is 11.2 Å². The maximum absolute atomic E-state index is 13.0.